The highest BCUT2D eigenvalue weighted by molar-refractivity contribution is 5.79. The minimum absolute atomic E-state index is 0.182. The van der Waals surface area contributed by atoms with Gasteiger partial charge in [-0.25, -0.2) is 0 Å². The molecular weight excluding hydrogens is 304 g/mol. The van der Waals surface area contributed by atoms with Crippen LogP contribution in [0.4, 0.5) is 0 Å². The van der Waals surface area contributed by atoms with Crippen LogP contribution in [0.15, 0.2) is 42.9 Å². The molecule has 1 amide bonds. The van der Waals surface area contributed by atoms with E-state index in [-0.39, 0.29) is 12.3 Å². The van der Waals surface area contributed by atoms with Gasteiger partial charge in [0.25, 0.3) is 0 Å². The first-order chi connectivity index (χ1) is 11.6. The molecule has 0 fully saturated rings. The fourth-order valence-corrected chi connectivity index (χ4v) is 2.51. The number of primary amides is 1. The van der Waals surface area contributed by atoms with Crippen LogP contribution in [-0.2, 0) is 24.2 Å². The highest BCUT2D eigenvalue weighted by Crippen LogP contribution is 2.21. The molecule has 0 aliphatic heterocycles. The molecule has 0 aliphatic carbocycles. The van der Waals surface area contributed by atoms with Gasteiger partial charge in [-0.1, -0.05) is 29.5 Å². The summed E-state index contributed by atoms with van der Waals surface area (Å²) in [6.45, 7) is 2.57. The van der Waals surface area contributed by atoms with Crippen molar-refractivity contribution in [2.45, 2.75) is 26.3 Å². The van der Waals surface area contributed by atoms with Crippen molar-refractivity contribution in [1.82, 2.24) is 25.0 Å². The van der Waals surface area contributed by atoms with Crippen LogP contribution in [0.1, 0.15) is 17.0 Å². The fourth-order valence-electron chi connectivity index (χ4n) is 2.51. The normalized spacial score (nSPS) is 10.7. The molecular formula is C17H18N6O. The van der Waals surface area contributed by atoms with Crippen LogP contribution in [-0.4, -0.2) is 30.9 Å². The summed E-state index contributed by atoms with van der Waals surface area (Å²) < 4.78 is 1.76. The maximum absolute atomic E-state index is 11.2. The number of rotatable bonds is 6. The lowest BCUT2D eigenvalue weighted by atomic mass is 10.0. The summed E-state index contributed by atoms with van der Waals surface area (Å²) >= 11 is 0. The Morgan fingerprint density at radius 1 is 1.25 bits per heavy atom. The van der Waals surface area contributed by atoms with Gasteiger partial charge in [-0.05, 0) is 12.5 Å². The number of carbonyl (C=O) groups excluding carboxylic acids is 1. The van der Waals surface area contributed by atoms with Crippen LogP contribution in [0, 0.1) is 6.92 Å². The number of aryl methyl sites for hydroxylation is 3. The Bertz CT molecular complexity index is 858. The Morgan fingerprint density at radius 3 is 2.88 bits per heavy atom. The molecule has 0 atom stereocenters. The average Bonchev–Trinajstić information content (AvgIpc) is 3.02. The van der Waals surface area contributed by atoms with Gasteiger partial charge in [-0.2, -0.15) is 0 Å². The van der Waals surface area contributed by atoms with Crippen LogP contribution < -0.4 is 5.73 Å². The lowest BCUT2D eigenvalue weighted by Gasteiger charge is -2.04. The molecule has 122 valence electrons. The number of benzene rings is 1. The van der Waals surface area contributed by atoms with E-state index in [2.05, 4.69) is 20.3 Å². The first kappa shape index (κ1) is 15.8. The predicted octanol–water partition coefficient (Wildman–Crippen LogP) is 1.31. The van der Waals surface area contributed by atoms with E-state index in [1.807, 2.05) is 37.4 Å². The lowest BCUT2D eigenvalue weighted by molar-refractivity contribution is -0.117. The molecule has 0 saturated heterocycles. The number of nitrogens with two attached hydrogens (primary N) is 1. The minimum atomic E-state index is -0.368. The molecule has 1 aromatic carbocycles. The van der Waals surface area contributed by atoms with Crippen molar-refractivity contribution in [3.63, 3.8) is 0 Å². The topological polar surface area (TPSA) is 99.6 Å². The van der Waals surface area contributed by atoms with Crippen LogP contribution in [0.3, 0.4) is 0 Å². The van der Waals surface area contributed by atoms with Crippen molar-refractivity contribution in [3.05, 3.63) is 59.8 Å². The largest absolute Gasteiger partial charge is 0.369 e. The second-order valence-electron chi connectivity index (χ2n) is 5.57. The molecule has 0 spiro atoms. The molecule has 2 N–H and O–H groups in total. The van der Waals surface area contributed by atoms with E-state index in [1.54, 1.807) is 17.1 Å². The second-order valence-corrected chi connectivity index (χ2v) is 5.57. The number of hydrogen-bond donors (Lipinski definition) is 1. The molecule has 7 nitrogen and oxygen atoms in total. The van der Waals surface area contributed by atoms with E-state index in [0.29, 0.717) is 6.54 Å². The molecule has 0 saturated carbocycles. The molecule has 0 unspecified atom stereocenters. The first-order valence-electron chi connectivity index (χ1n) is 7.66. The highest BCUT2D eigenvalue weighted by atomic mass is 16.1. The summed E-state index contributed by atoms with van der Waals surface area (Å²) in [6.07, 6.45) is 6.26. The third kappa shape index (κ3) is 3.81. The van der Waals surface area contributed by atoms with Crippen molar-refractivity contribution < 1.29 is 4.79 Å². The van der Waals surface area contributed by atoms with Gasteiger partial charge in [-0.15, -0.1) is 5.10 Å². The van der Waals surface area contributed by atoms with Crippen molar-refractivity contribution in [2.75, 3.05) is 0 Å². The standard InChI is InChI=1S/C17H18N6O/c1-12-9-19-10-14(20-12)6-7-23-11-16(21-22-23)15-5-3-2-4-13(15)8-17(18)24/h2-5,9-11H,6-8H2,1H3,(H2,18,24). The molecule has 0 radical (unpaired) electrons. The van der Waals surface area contributed by atoms with E-state index in [9.17, 15) is 4.79 Å². The van der Waals surface area contributed by atoms with E-state index >= 15 is 0 Å². The number of aromatic nitrogens is 5. The molecule has 2 aromatic heterocycles. The van der Waals surface area contributed by atoms with Gasteiger partial charge in [0.1, 0.15) is 5.69 Å². The molecule has 24 heavy (non-hydrogen) atoms. The third-order valence-corrected chi connectivity index (χ3v) is 3.60. The van der Waals surface area contributed by atoms with Crippen molar-refractivity contribution in [2.24, 2.45) is 5.73 Å². The van der Waals surface area contributed by atoms with Crippen molar-refractivity contribution in [1.29, 1.82) is 0 Å². The summed E-state index contributed by atoms with van der Waals surface area (Å²) in [5.41, 5.74) is 9.57. The van der Waals surface area contributed by atoms with Gasteiger partial charge in [0, 0.05) is 30.9 Å². The number of hydrogen-bond acceptors (Lipinski definition) is 5. The molecule has 0 bridgehead atoms. The van der Waals surface area contributed by atoms with Gasteiger partial charge in [0.15, 0.2) is 0 Å². The average molecular weight is 322 g/mol. The lowest BCUT2D eigenvalue weighted by Crippen LogP contribution is -2.14. The number of nitrogens with zero attached hydrogens (tertiary/aromatic N) is 5. The zero-order valence-corrected chi connectivity index (χ0v) is 13.4. The first-order valence-corrected chi connectivity index (χ1v) is 7.66. The van der Waals surface area contributed by atoms with Gasteiger partial charge >= 0.3 is 0 Å². The monoisotopic (exact) mass is 322 g/mol. The Hall–Kier alpha value is -3.09. The van der Waals surface area contributed by atoms with Gasteiger partial charge in [-0.3, -0.25) is 19.4 Å². The Labute approximate surface area is 139 Å². The van der Waals surface area contributed by atoms with Crippen molar-refractivity contribution >= 4 is 5.91 Å². The van der Waals surface area contributed by atoms with E-state index in [0.717, 1.165) is 34.6 Å². The zero-order valence-electron chi connectivity index (χ0n) is 13.4. The second kappa shape index (κ2) is 6.99. The third-order valence-electron chi connectivity index (χ3n) is 3.60. The van der Waals surface area contributed by atoms with Crippen LogP contribution >= 0.6 is 0 Å². The molecule has 0 aliphatic rings. The van der Waals surface area contributed by atoms with E-state index in [1.165, 1.54) is 0 Å². The minimum Gasteiger partial charge on any atom is -0.369 e. The van der Waals surface area contributed by atoms with Crippen LogP contribution in [0.2, 0.25) is 0 Å². The molecule has 7 heteroatoms. The highest BCUT2D eigenvalue weighted by Gasteiger charge is 2.10. The predicted molar refractivity (Wildman–Crippen MR) is 88.8 cm³/mol. The summed E-state index contributed by atoms with van der Waals surface area (Å²) in [5.74, 6) is -0.368. The van der Waals surface area contributed by atoms with Crippen LogP contribution in [0.25, 0.3) is 11.3 Å². The van der Waals surface area contributed by atoms with Crippen molar-refractivity contribution in [3.8, 4) is 11.3 Å². The molecule has 2 heterocycles. The Morgan fingerprint density at radius 2 is 2.08 bits per heavy atom. The summed E-state index contributed by atoms with van der Waals surface area (Å²) in [4.78, 5) is 19.8. The Balaban J connectivity index is 1.75. The maximum Gasteiger partial charge on any atom is 0.221 e. The van der Waals surface area contributed by atoms with E-state index in [4.69, 9.17) is 5.73 Å². The van der Waals surface area contributed by atoms with Crippen LogP contribution in [0.5, 0.6) is 0 Å². The number of amides is 1. The summed E-state index contributed by atoms with van der Waals surface area (Å²) in [5, 5.41) is 8.36. The van der Waals surface area contributed by atoms with E-state index < -0.39 is 0 Å². The van der Waals surface area contributed by atoms with Gasteiger partial charge < -0.3 is 5.73 Å². The fraction of sp³-hybridized carbons (Fsp3) is 0.235. The summed E-state index contributed by atoms with van der Waals surface area (Å²) in [7, 11) is 0. The summed E-state index contributed by atoms with van der Waals surface area (Å²) in [6, 6.07) is 7.57. The quantitative estimate of drug-likeness (QED) is 0.737. The Kier molecular flexibility index (Phi) is 4.60. The van der Waals surface area contributed by atoms with Gasteiger partial charge in [0.2, 0.25) is 5.91 Å². The number of carbonyl (C=O) groups is 1. The molecule has 3 aromatic rings. The smallest absolute Gasteiger partial charge is 0.221 e. The maximum atomic E-state index is 11.2. The SMILES string of the molecule is Cc1cncc(CCn2cc(-c3ccccc3CC(N)=O)nn2)n1. The zero-order chi connectivity index (χ0) is 16.9. The molecule has 3 rings (SSSR count). The van der Waals surface area contributed by atoms with Gasteiger partial charge in [0.05, 0.1) is 24.0 Å².